The number of morpholine rings is 1. The maximum atomic E-state index is 5.49. The fraction of sp³-hybridized carbons (Fsp3) is 1.00. The summed E-state index contributed by atoms with van der Waals surface area (Å²) in [6.45, 7) is 10.6. The van der Waals surface area contributed by atoms with Crippen LogP contribution in [0, 0.1) is 0 Å². The van der Waals surface area contributed by atoms with Gasteiger partial charge in [-0.2, -0.15) is 0 Å². The molecule has 1 aliphatic heterocycles. The van der Waals surface area contributed by atoms with Crippen LogP contribution >= 0.6 is 0 Å². The van der Waals surface area contributed by atoms with Crippen molar-refractivity contribution in [2.75, 3.05) is 59.2 Å². The van der Waals surface area contributed by atoms with Gasteiger partial charge >= 0.3 is 0 Å². The highest BCUT2D eigenvalue weighted by atomic mass is 16.5. The minimum Gasteiger partial charge on any atom is -0.379 e. The van der Waals surface area contributed by atoms with Gasteiger partial charge < -0.3 is 14.8 Å². The van der Waals surface area contributed by atoms with Gasteiger partial charge in [-0.25, -0.2) is 0 Å². The van der Waals surface area contributed by atoms with E-state index in [1.165, 1.54) is 0 Å². The summed E-state index contributed by atoms with van der Waals surface area (Å²) in [6, 6.07) is 0. The van der Waals surface area contributed by atoms with Crippen molar-refractivity contribution in [2.45, 2.75) is 6.92 Å². The van der Waals surface area contributed by atoms with E-state index < -0.39 is 0 Å². The Kier molecular flexibility index (Phi) is 6.95. The zero-order valence-electron chi connectivity index (χ0n) is 9.13. The number of likely N-dealkylation sites (N-methyl/N-ethyl adjacent to an activating group) is 1. The number of hydrogen-bond donors (Lipinski definition) is 1. The van der Waals surface area contributed by atoms with E-state index in [0.29, 0.717) is 0 Å². The van der Waals surface area contributed by atoms with Crippen LogP contribution in [0.2, 0.25) is 0 Å². The fourth-order valence-electron chi connectivity index (χ4n) is 1.44. The van der Waals surface area contributed by atoms with E-state index in [1.54, 1.807) is 0 Å². The van der Waals surface area contributed by atoms with Crippen LogP contribution in [-0.2, 0) is 9.47 Å². The molecule has 1 N–H and O–H groups in total. The molecular weight excluding hydrogens is 180 g/mol. The Morgan fingerprint density at radius 3 is 2.79 bits per heavy atom. The van der Waals surface area contributed by atoms with Gasteiger partial charge in [0.05, 0.1) is 26.4 Å². The summed E-state index contributed by atoms with van der Waals surface area (Å²) in [7, 11) is 0. The van der Waals surface area contributed by atoms with Gasteiger partial charge in [-0.1, -0.05) is 6.92 Å². The Balaban J connectivity index is 1.82. The highest BCUT2D eigenvalue weighted by Gasteiger charge is 2.08. The van der Waals surface area contributed by atoms with Crippen LogP contribution in [0.1, 0.15) is 6.92 Å². The summed E-state index contributed by atoms with van der Waals surface area (Å²) in [4.78, 5) is 2.39. The molecule has 84 valence electrons. The summed E-state index contributed by atoms with van der Waals surface area (Å²) in [5, 5.41) is 3.23. The van der Waals surface area contributed by atoms with Crippen molar-refractivity contribution in [3.8, 4) is 0 Å². The number of nitrogens with one attached hydrogen (secondary N) is 1. The zero-order chi connectivity index (χ0) is 10.1. The van der Waals surface area contributed by atoms with Gasteiger partial charge in [0.1, 0.15) is 0 Å². The predicted octanol–water partition coefficient (Wildman–Crippen LogP) is -0.0553. The minimum absolute atomic E-state index is 0.818. The molecule has 0 radical (unpaired) electrons. The lowest BCUT2D eigenvalue weighted by atomic mass is 10.4. The molecule has 0 aliphatic carbocycles. The molecule has 1 rings (SSSR count). The third kappa shape index (κ3) is 5.54. The smallest absolute Gasteiger partial charge is 0.0594 e. The van der Waals surface area contributed by atoms with E-state index in [1.807, 2.05) is 0 Å². The van der Waals surface area contributed by atoms with E-state index in [4.69, 9.17) is 9.47 Å². The first-order valence-electron chi connectivity index (χ1n) is 5.52. The molecule has 0 spiro atoms. The van der Waals surface area contributed by atoms with Crippen molar-refractivity contribution >= 4 is 0 Å². The molecule has 4 nitrogen and oxygen atoms in total. The number of rotatable bonds is 7. The van der Waals surface area contributed by atoms with Crippen LogP contribution in [0.25, 0.3) is 0 Å². The Hall–Kier alpha value is -0.160. The molecule has 0 bridgehead atoms. The summed E-state index contributed by atoms with van der Waals surface area (Å²) in [5.41, 5.74) is 0. The SMILES string of the molecule is CCNCCOCCN1CCOCC1. The van der Waals surface area contributed by atoms with E-state index in [-0.39, 0.29) is 0 Å². The van der Waals surface area contributed by atoms with Gasteiger partial charge in [-0.3, -0.25) is 4.90 Å². The molecular formula is C10H22N2O2. The lowest BCUT2D eigenvalue weighted by Crippen LogP contribution is -2.38. The topological polar surface area (TPSA) is 33.7 Å². The molecule has 1 aliphatic rings. The van der Waals surface area contributed by atoms with Crippen LogP contribution in [0.4, 0.5) is 0 Å². The Morgan fingerprint density at radius 2 is 2.07 bits per heavy atom. The second-order valence-corrected chi connectivity index (χ2v) is 3.42. The van der Waals surface area contributed by atoms with Crippen molar-refractivity contribution in [3.63, 3.8) is 0 Å². The Labute approximate surface area is 86.6 Å². The van der Waals surface area contributed by atoms with Crippen molar-refractivity contribution < 1.29 is 9.47 Å². The molecule has 0 atom stereocenters. The average molecular weight is 202 g/mol. The molecule has 0 aromatic heterocycles. The zero-order valence-corrected chi connectivity index (χ0v) is 9.13. The Bertz CT molecular complexity index is 127. The van der Waals surface area contributed by atoms with Gasteiger partial charge in [0.15, 0.2) is 0 Å². The van der Waals surface area contributed by atoms with E-state index in [0.717, 1.165) is 59.2 Å². The maximum Gasteiger partial charge on any atom is 0.0594 e. The van der Waals surface area contributed by atoms with Crippen LogP contribution in [0.15, 0.2) is 0 Å². The van der Waals surface area contributed by atoms with E-state index >= 15 is 0 Å². The average Bonchev–Trinajstić information content (AvgIpc) is 2.25. The highest BCUT2D eigenvalue weighted by molar-refractivity contribution is 4.60. The van der Waals surface area contributed by atoms with Crippen LogP contribution in [-0.4, -0.2) is 64.1 Å². The summed E-state index contributed by atoms with van der Waals surface area (Å²) in [5.74, 6) is 0. The molecule has 1 saturated heterocycles. The standard InChI is InChI=1S/C10H22N2O2/c1-2-11-3-7-13-8-4-12-5-9-14-10-6-12/h11H,2-10H2,1H3. The molecule has 0 unspecified atom stereocenters. The normalized spacial score (nSPS) is 18.6. The molecule has 4 heteroatoms. The van der Waals surface area contributed by atoms with Crippen LogP contribution in [0.3, 0.4) is 0 Å². The largest absolute Gasteiger partial charge is 0.379 e. The second-order valence-electron chi connectivity index (χ2n) is 3.42. The van der Waals surface area contributed by atoms with Crippen LogP contribution < -0.4 is 5.32 Å². The number of nitrogens with zero attached hydrogens (tertiary/aromatic N) is 1. The van der Waals surface area contributed by atoms with Crippen molar-refractivity contribution in [1.82, 2.24) is 10.2 Å². The number of ether oxygens (including phenoxy) is 2. The van der Waals surface area contributed by atoms with Crippen LogP contribution in [0.5, 0.6) is 0 Å². The summed E-state index contributed by atoms with van der Waals surface area (Å²) >= 11 is 0. The van der Waals surface area contributed by atoms with Crippen molar-refractivity contribution in [3.05, 3.63) is 0 Å². The summed E-state index contributed by atoms with van der Waals surface area (Å²) in [6.07, 6.45) is 0. The van der Waals surface area contributed by atoms with Gasteiger partial charge in [-0.05, 0) is 6.54 Å². The van der Waals surface area contributed by atoms with E-state index in [2.05, 4.69) is 17.1 Å². The third-order valence-corrected chi connectivity index (χ3v) is 2.33. The minimum atomic E-state index is 0.818. The molecule has 0 aromatic carbocycles. The number of hydrogen-bond acceptors (Lipinski definition) is 4. The monoisotopic (exact) mass is 202 g/mol. The second kappa shape index (κ2) is 8.17. The Morgan fingerprint density at radius 1 is 1.29 bits per heavy atom. The van der Waals surface area contributed by atoms with Gasteiger partial charge in [0.2, 0.25) is 0 Å². The quantitative estimate of drug-likeness (QED) is 0.587. The van der Waals surface area contributed by atoms with Gasteiger partial charge in [0.25, 0.3) is 0 Å². The van der Waals surface area contributed by atoms with Gasteiger partial charge in [-0.15, -0.1) is 0 Å². The predicted molar refractivity (Wildman–Crippen MR) is 56.6 cm³/mol. The first-order chi connectivity index (χ1) is 6.93. The van der Waals surface area contributed by atoms with E-state index in [9.17, 15) is 0 Å². The van der Waals surface area contributed by atoms with Crippen molar-refractivity contribution in [1.29, 1.82) is 0 Å². The first-order valence-corrected chi connectivity index (χ1v) is 5.52. The van der Waals surface area contributed by atoms with Crippen molar-refractivity contribution in [2.24, 2.45) is 0 Å². The molecule has 0 saturated carbocycles. The highest BCUT2D eigenvalue weighted by Crippen LogP contribution is 1.95. The maximum absolute atomic E-state index is 5.49. The first kappa shape index (κ1) is 11.9. The molecule has 1 fully saturated rings. The lowest BCUT2D eigenvalue weighted by Gasteiger charge is -2.26. The third-order valence-electron chi connectivity index (χ3n) is 2.33. The van der Waals surface area contributed by atoms with Gasteiger partial charge in [0, 0.05) is 26.2 Å². The lowest BCUT2D eigenvalue weighted by molar-refractivity contribution is 0.0208. The molecule has 0 aromatic rings. The fourth-order valence-corrected chi connectivity index (χ4v) is 1.44. The molecule has 0 amide bonds. The molecule has 14 heavy (non-hydrogen) atoms. The molecule has 1 heterocycles. The summed E-state index contributed by atoms with van der Waals surface area (Å²) < 4.78 is 10.8.